The Balaban J connectivity index is 0.000000481. The molecule has 1 fully saturated rings. The minimum atomic E-state index is -1.82. The molecule has 0 radical (unpaired) electrons. The largest absolute Gasteiger partial charge is 0.481 e. The van der Waals surface area contributed by atoms with E-state index in [0.717, 1.165) is 36.2 Å². The van der Waals surface area contributed by atoms with Gasteiger partial charge in [0.2, 0.25) is 0 Å². The molecule has 4 rings (SSSR count). The molecule has 0 aliphatic carbocycles. The smallest absolute Gasteiger partial charge is 0.414 e. The van der Waals surface area contributed by atoms with Gasteiger partial charge in [-0.2, -0.15) is 0 Å². The third kappa shape index (κ3) is 6.31. The van der Waals surface area contributed by atoms with Crippen LogP contribution < -0.4 is 4.74 Å². The summed E-state index contributed by atoms with van der Waals surface area (Å²) in [5.74, 6) is -2.54. The molecular weight excluding hydrogens is 445 g/mol. The summed E-state index contributed by atoms with van der Waals surface area (Å²) in [5, 5.41) is 14.8. The van der Waals surface area contributed by atoms with Crippen molar-refractivity contribution in [1.82, 2.24) is 14.5 Å². The number of amides is 1. The predicted octanol–water partition coefficient (Wildman–Crippen LogP) is 2.96. The van der Waals surface area contributed by atoms with Gasteiger partial charge < -0.3 is 24.4 Å². The Morgan fingerprint density at radius 1 is 1.03 bits per heavy atom. The molecule has 1 aliphatic heterocycles. The van der Waals surface area contributed by atoms with Gasteiger partial charge in [0.05, 0.1) is 11.0 Å². The van der Waals surface area contributed by atoms with Crippen molar-refractivity contribution in [2.75, 3.05) is 19.7 Å². The Morgan fingerprint density at radius 2 is 1.65 bits per heavy atom. The number of aliphatic carboxylic acids is 2. The number of aromatic nitrogens is 2. The Labute approximate surface area is 195 Å². The first-order valence-corrected chi connectivity index (χ1v) is 10.8. The zero-order chi connectivity index (χ0) is 24.7. The molecule has 9 nitrogen and oxygen atoms in total. The number of carboxylic acids is 2. The Hall–Kier alpha value is -3.95. The molecule has 2 N–H and O–H groups in total. The number of fused-ring (bicyclic) bond motifs is 1. The van der Waals surface area contributed by atoms with Crippen molar-refractivity contribution >= 4 is 28.9 Å². The molecule has 2 heterocycles. The predicted molar refractivity (Wildman–Crippen MR) is 121 cm³/mol. The minimum absolute atomic E-state index is 0.0917. The van der Waals surface area contributed by atoms with Crippen LogP contribution >= 0.6 is 0 Å². The second-order valence-electron chi connectivity index (χ2n) is 7.91. The fourth-order valence-corrected chi connectivity index (χ4v) is 3.84. The lowest BCUT2D eigenvalue weighted by atomic mass is 9.96. The van der Waals surface area contributed by atoms with Gasteiger partial charge in [0, 0.05) is 19.6 Å². The lowest BCUT2D eigenvalue weighted by molar-refractivity contribution is -0.159. The number of carbonyl (C=O) groups excluding carboxylic acids is 1. The molecule has 0 unspecified atom stereocenters. The number of aryl methyl sites for hydroxylation is 1. The van der Waals surface area contributed by atoms with Crippen molar-refractivity contribution in [3.63, 3.8) is 0 Å². The number of halogens is 1. The molecule has 0 bridgehead atoms. The quantitative estimate of drug-likeness (QED) is 0.549. The van der Waals surface area contributed by atoms with Gasteiger partial charge in [-0.3, -0.25) is 4.79 Å². The second-order valence-corrected chi connectivity index (χ2v) is 7.91. The van der Waals surface area contributed by atoms with Crippen LogP contribution in [0.5, 0.6) is 5.75 Å². The average molecular weight is 471 g/mol. The molecule has 34 heavy (non-hydrogen) atoms. The number of benzene rings is 2. The molecule has 10 heteroatoms. The summed E-state index contributed by atoms with van der Waals surface area (Å²) < 4.78 is 21.2. The number of likely N-dealkylation sites (tertiary alicyclic amines) is 1. The molecule has 0 atom stereocenters. The number of hydrogen-bond acceptors (Lipinski definition) is 5. The molecular formula is C24H26FN3O6. The molecule has 1 saturated heterocycles. The van der Waals surface area contributed by atoms with Crippen LogP contribution in [-0.4, -0.2) is 62.2 Å². The first kappa shape index (κ1) is 24.7. The van der Waals surface area contributed by atoms with Crippen molar-refractivity contribution in [3.8, 4) is 5.75 Å². The number of piperidine rings is 1. The number of carboxylic acid groups (broad SMARTS) is 2. The Kier molecular flexibility index (Phi) is 8.18. The van der Waals surface area contributed by atoms with Crippen LogP contribution in [0.1, 0.15) is 18.7 Å². The summed E-state index contributed by atoms with van der Waals surface area (Å²) in [6.45, 7) is 4.24. The molecule has 0 spiro atoms. The van der Waals surface area contributed by atoms with E-state index in [2.05, 4.69) is 15.6 Å². The van der Waals surface area contributed by atoms with Crippen LogP contribution in [0, 0.1) is 18.7 Å². The minimum Gasteiger partial charge on any atom is -0.481 e. The highest BCUT2D eigenvalue weighted by Crippen LogP contribution is 2.24. The van der Waals surface area contributed by atoms with Crippen LogP contribution in [0.2, 0.25) is 0 Å². The van der Waals surface area contributed by atoms with Gasteiger partial charge in [0.1, 0.15) is 5.82 Å². The van der Waals surface area contributed by atoms with Gasteiger partial charge in [-0.05, 0) is 49.9 Å². The fraction of sp³-hybridized carbons (Fsp3) is 0.333. The number of para-hydroxylation sites is 3. The van der Waals surface area contributed by atoms with E-state index < -0.39 is 17.8 Å². The summed E-state index contributed by atoms with van der Waals surface area (Å²) in [6.07, 6.45) is 1.88. The average Bonchev–Trinajstić information content (AvgIpc) is 3.14. The Bertz CT molecular complexity index is 1160. The lowest BCUT2D eigenvalue weighted by Gasteiger charge is -2.32. The van der Waals surface area contributed by atoms with Gasteiger partial charge in [-0.25, -0.2) is 19.0 Å². The maximum atomic E-state index is 13.6. The summed E-state index contributed by atoms with van der Waals surface area (Å²) >= 11 is 0. The topological polar surface area (TPSA) is 122 Å². The van der Waals surface area contributed by atoms with Crippen LogP contribution in [0.4, 0.5) is 4.39 Å². The van der Waals surface area contributed by atoms with Gasteiger partial charge in [-0.15, -0.1) is 0 Å². The molecule has 2 aromatic carbocycles. The first-order chi connectivity index (χ1) is 16.3. The first-order valence-electron chi connectivity index (χ1n) is 10.8. The van der Waals surface area contributed by atoms with E-state index in [-0.39, 0.29) is 18.3 Å². The van der Waals surface area contributed by atoms with Crippen LogP contribution in [0.25, 0.3) is 11.0 Å². The molecule has 1 aliphatic rings. The zero-order valence-electron chi connectivity index (χ0n) is 18.7. The number of hydrogen-bond donors (Lipinski definition) is 2. The standard InChI is InChI=1S/C22H24FN3O2.C2H2O4/c1-16-24-19-7-3-4-8-20(19)26(16)14-17-10-12-25(13-11-17)22(27)15-28-21-9-5-2-6-18(21)23;3-1(4)2(5)6/h2-9,17H,10-15H2,1H3;(H,3,4)(H,5,6). The van der Waals surface area contributed by atoms with E-state index in [1.165, 1.54) is 12.1 Å². The molecule has 3 aromatic rings. The number of nitrogens with zero attached hydrogens (tertiary/aromatic N) is 3. The Morgan fingerprint density at radius 3 is 2.29 bits per heavy atom. The van der Waals surface area contributed by atoms with Crippen molar-refractivity contribution in [2.24, 2.45) is 5.92 Å². The normalized spacial score (nSPS) is 13.8. The molecule has 0 saturated carbocycles. The number of imidazole rings is 1. The summed E-state index contributed by atoms with van der Waals surface area (Å²) in [4.78, 5) is 37.0. The number of rotatable bonds is 5. The molecule has 180 valence electrons. The highest BCUT2D eigenvalue weighted by Gasteiger charge is 2.24. The van der Waals surface area contributed by atoms with Crippen LogP contribution in [-0.2, 0) is 20.9 Å². The van der Waals surface area contributed by atoms with Crippen LogP contribution in [0.3, 0.4) is 0 Å². The van der Waals surface area contributed by atoms with Gasteiger partial charge in [0.15, 0.2) is 18.2 Å². The monoisotopic (exact) mass is 471 g/mol. The van der Waals surface area contributed by atoms with Gasteiger partial charge >= 0.3 is 11.9 Å². The van der Waals surface area contributed by atoms with E-state index >= 15 is 0 Å². The zero-order valence-corrected chi connectivity index (χ0v) is 18.7. The van der Waals surface area contributed by atoms with E-state index in [9.17, 15) is 9.18 Å². The summed E-state index contributed by atoms with van der Waals surface area (Å²) in [5.41, 5.74) is 2.19. The van der Waals surface area contributed by atoms with E-state index in [1.807, 2.05) is 30.0 Å². The SMILES string of the molecule is Cc1nc2ccccc2n1CC1CCN(C(=O)COc2ccccc2F)CC1.O=C(O)C(=O)O. The lowest BCUT2D eigenvalue weighted by Crippen LogP contribution is -2.41. The third-order valence-electron chi connectivity index (χ3n) is 5.62. The molecule has 1 amide bonds. The maximum absolute atomic E-state index is 13.6. The number of carbonyl (C=O) groups is 3. The second kappa shape index (κ2) is 11.3. The summed E-state index contributed by atoms with van der Waals surface area (Å²) in [6, 6.07) is 14.3. The van der Waals surface area contributed by atoms with E-state index in [1.54, 1.807) is 12.1 Å². The van der Waals surface area contributed by atoms with E-state index in [0.29, 0.717) is 19.0 Å². The van der Waals surface area contributed by atoms with Gasteiger partial charge in [0.25, 0.3) is 5.91 Å². The van der Waals surface area contributed by atoms with E-state index in [4.69, 9.17) is 24.5 Å². The highest BCUT2D eigenvalue weighted by atomic mass is 19.1. The summed E-state index contributed by atoms with van der Waals surface area (Å²) in [7, 11) is 0. The van der Waals surface area contributed by atoms with Crippen molar-refractivity contribution in [3.05, 3.63) is 60.2 Å². The highest BCUT2D eigenvalue weighted by molar-refractivity contribution is 6.27. The van der Waals surface area contributed by atoms with Crippen molar-refractivity contribution < 1.29 is 33.7 Å². The molecule has 1 aromatic heterocycles. The van der Waals surface area contributed by atoms with Crippen LogP contribution in [0.15, 0.2) is 48.5 Å². The van der Waals surface area contributed by atoms with Crippen molar-refractivity contribution in [2.45, 2.75) is 26.3 Å². The van der Waals surface area contributed by atoms with Crippen molar-refractivity contribution in [1.29, 1.82) is 0 Å². The number of ether oxygens (including phenoxy) is 1. The fourth-order valence-electron chi connectivity index (χ4n) is 3.84. The maximum Gasteiger partial charge on any atom is 0.414 e. The third-order valence-corrected chi connectivity index (χ3v) is 5.62. The van der Waals surface area contributed by atoms with Gasteiger partial charge in [-0.1, -0.05) is 24.3 Å².